The highest BCUT2D eigenvalue weighted by Gasteiger charge is 2.33. The van der Waals surface area contributed by atoms with E-state index in [0.717, 1.165) is 37.0 Å². The van der Waals surface area contributed by atoms with Crippen molar-refractivity contribution in [2.45, 2.75) is 32.1 Å². The van der Waals surface area contributed by atoms with E-state index in [1.807, 2.05) is 0 Å². The molecule has 5 rings (SSSR count). The van der Waals surface area contributed by atoms with Crippen LogP contribution in [-0.4, -0.2) is 31.1 Å². The second kappa shape index (κ2) is 8.05. The van der Waals surface area contributed by atoms with Gasteiger partial charge in [-0.25, -0.2) is 0 Å². The third-order valence-corrected chi connectivity index (χ3v) is 6.02. The molecule has 0 radical (unpaired) electrons. The summed E-state index contributed by atoms with van der Waals surface area (Å²) >= 11 is 0. The lowest BCUT2D eigenvalue weighted by atomic mass is 9.78. The van der Waals surface area contributed by atoms with E-state index in [1.165, 1.54) is 50.0 Å². The molecule has 0 saturated carbocycles. The van der Waals surface area contributed by atoms with Gasteiger partial charge in [0.05, 0.1) is 6.61 Å². The molecule has 0 N–H and O–H groups in total. The van der Waals surface area contributed by atoms with Gasteiger partial charge in [-0.3, -0.25) is 0 Å². The molecule has 132 valence electrons. The molecule has 0 spiro atoms. The molecule has 2 aromatic carbocycles. The monoisotopic (exact) mass is 335 g/mol. The number of rotatable bonds is 7. The van der Waals surface area contributed by atoms with E-state index in [4.69, 9.17) is 4.74 Å². The Morgan fingerprint density at radius 2 is 1.52 bits per heavy atom. The highest BCUT2D eigenvalue weighted by molar-refractivity contribution is 5.28. The summed E-state index contributed by atoms with van der Waals surface area (Å²) in [6, 6.07) is 19.4. The molecule has 3 saturated heterocycles. The summed E-state index contributed by atoms with van der Waals surface area (Å²) in [6.07, 6.45) is 6.20. The van der Waals surface area contributed by atoms with E-state index in [2.05, 4.69) is 59.5 Å². The predicted molar refractivity (Wildman–Crippen MR) is 103 cm³/mol. The Morgan fingerprint density at radius 1 is 0.840 bits per heavy atom. The highest BCUT2D eigenvalue weighted by atomic mass is 16.5. The van der Waals surface area contributed by atoms with Crippen molar-refractivity contribution in [3.8, 4) is 5.75 Å². The first-order valence-electron chi connectivity index (χ1n) is 9.85. The van der Waals surface area contributed by atoms with Crippen LogP contribution in [0.1, 0.15) is 30.4 Å². The Hall–Kier alpha value is -1.80. The van der Waals surface area contributed by atoms with Crippen molar-refractivity contribution in [2.75, 3.05) is 26.2 Å². The molecule has 3 aliphatic rings. The number of nitrogens with zero attached hydrogens (tertiary/aromatic N) is 1. The molecule has 1 atom stereocenters. The normalized spacial score (nSPS) is 25.0. The van der Waals surface area contributed by atoms with E-state index >= 15 is 0 Å². The molecule has 2 heteroatoms. The van der Waals surface area contributed by atoms with Crippen molar-refractivity contribution >= 4 is 0 Å². The second-order valence-electron chi connectivity index (χ2n) is 7.66. The Bertz CT molecular complexity index is 644. The van der Waals surface area contributed by atoms with Crippen LogP contribution in [0.3, 0.4) is 0 Å². The number of ether oxygens (including phenoxy) is 1. The molecule has 0 aromatic heterocycles. The van der Waals surface area contributed by atoms with Crippen molar-refractivity contribution in [2.24, 2.45) is 11.8 Å². The summed E-state index contributed by atoms with van der Waals surface area (Å²) in [6.45, 7) is 4.81. The molecule has 2 aromatic rings. The van der Waals surface area contributed by atoms with Crippen LogP contribution in [0.15, 0.2) is 54.6 Å². The van der Waals surface area contributed by atoms with Crippen LogP contribution in [-0.2, 0) is 12.8 Å². The maximum absolute atomic E-state index is 6.02. The van der Waals surface area contributed by atoms with Crippen LogP contribution in [0.4, 0.5) is 0 Å². The number of benzene rings is 2. The van der Waals surface area contributed by atoms with Crippen molar-refractivity contribution in [1.82, 2.24) is 4.90 Å². The molecule has 3 aliphatic heterocycles. The maximum Gasteiger partial charge on any atom is 0.119 e. The third-order valence-electron chi connectivity index (χ3n) is 6.02. The van der Waals surface area contributed by atoms with Crippen LogP contribution < -0.4 is 4.74 Å². The zero-order valence-corrected chi connectivity index (χ0v) is 15.1. The quantitative estimate of drug-likeness (QED) is 0.734. The maximum atomic E-state index is 6.02. The first-order chi connectivity index (χ1) is 12.4. The molecule has 1 unspecified atom stereocenters. The van der Waals surface area contributed by atoms with Gasteiger partial charge < -0.3 is 9.64 Å². The van der Waals surface area contributed by atoms with Gasteiger partial charge in [-0.15, -0.1) is 0 Å². The highest BCUT2D eigenvalue weighted by Crippen LogP contribution is 2.34. The van der Waals surface area contributed by atoms with E-state index in [1.54, 1.807) is 0 Å². The van der Waals surface area contributed by atoms with Crippen LogP contribution >= 0.6 is 0 Å². The van der Waals surface area contributed by atoms with Gasteiger partial charge in [0.2, 0.25) is 0 Å². The second-order valence-corrected chi connectivity index (χ2v) is 7.66. The minimum absolute atomic E-state index is 0.854. The SMILES string of the molecule is c1ccc(CCc2ccc(OCCC3CN4CCC3CC4)cc2)cc1. The Kier molecular flexibility index (Phi) is 5.37. The summed E-state index contributed by atoms with van der Waals surface area (Å²) in [5, 5.41) is 0. The molecule has 2 bridgehead atoms. The topological polar surface area (TPSA) is 12.5 Å². The molecule has 0 amide bonds. The predicted octanol–water partition coefficient (Wildman–Crippen LogP) is 4.58. The lowest BCUT2D eigenvalue weighted by Crippen LogP contribution is -2.47. The minimum atomic E-state index is 0.854. The van der Waals surface area contributed by atoms with Crippen molar-refractivity contribution in [3.05, 3.63) is 65.7 Å². The van der Waals surface area contributed by atoms with E-state index in [0.29, 0.717) is 0 Å². The molecule has 2 nitrogen and oxygen atoms in total. The number of hydrogen-bond acceptors (Lipinski definition) is 2. The summed E-state index contributed by atoms with van der Waals surface area (Å²) in [5.41, 5.74) is 2.79. The Labute approximate surface area is 151 Å². The van der Waals surface area contributed by atoms with Crippen LogP contribution in [0.2, 0.25) is 0 Å². The average Bonchev–Trinajstić information content (AvgIpc) is 2.69. The zero-order valence-electron chi connectivity index (χ0n) is 15.1. The number of piperidine rings is 3. The number of fused-ring (bicyclic) bond motifs is 3. The lowest BCUT2D eigenvalue weighted by Gasteiger charge is -2.44. The first-order valence-corrected chi connectivity index (χ1v) is 9.85. The molecule has 0 aliphatic carbocycles. The van der Waals surface area contributed by atoms with Crippen LogP contribution in [0.5, 0.6) is 5.75 Å². The van der Waals surface area contributed by atoms with Gasteiger partial charge in [0.15, 0.2) is 0 Å². The van der Waals surface area contributed by atoms with E-state index in [-0.39, 0.29) is 0 Å². The molecular weight excluding hydrogens is 306 g/mol. The number of aryl methyl sites for hydroxylation is 2. The fourth-order valence-electron chi connectivity index (χ4n) is 4.43. The smallest absolute Gasteiger partial charge is 0.119 e. The molecular formula is C23H29NO. The van der Waals surface area contributed by atoms with Gasteiger partial charge in [-0.2, -0.15) is 0 Å². The van der Waals surface area contributed by atoms with Gasteiger partial charge in [-0.05, 0) is 80.3 Å². The van der Waals surface area contributed by atoms with Crippen LogP contribution in [0.25, 0.3) is 0 Å². The summed E-state index contributed by atoms with van der Waals surface area (Å²) in [5.74, 6) is 2.83. The van der Waals surface area contributed by atoms with Crippen molar-refractivity contribution in [3.63, 3.8) is 0 Å². The van der Waals surface area contributed by atoms with Crippen LogP contribution in [0, 0.1) is 11.8 Å². The standard InChI is InChI=1S/C23H29NO/c1-2-4-19(5-3-1)6-7-20-8-10-23(11-9-20)25-17-14-22-18-24-15-12-21(22)13-16-24/h1-5,8-11,21-22H,6-7,12-18H2. The largest absolute Gasteiger partial charge is 0.494 e. The van der Waals surface area contributed by atoms with Gasteiger partial charge in [0, 0.05) is 6.54 Å². The molecule has 25 heavy (non-hydrogen) atoms. The van der Waals surface area contributed by atoms with Crippen molar-refractivity contribution in [1.29, 1.82) is 0 Å². The zero-order chi connectivity index (χ0) is 16.9. The van der Waals surface area contributed by atoms with Gasteiger partial charge in [0.1, 0.15) is 5.75 Å². The molecule has 3 heterocycles. The average molecular weight is 335 g/mol. The van der Waals surface area contributed by atoms with Gasteiger partial charge in [-0.1, -0.05) is 42.5 Å². The lowest BCUT2D eigenvalue weighted by molar-refractivity contribution is 0.0397. The fraction of sp³-hybridized carbons (Fsp3) is 0.478. The summed E-state index contributed by atoms with van der Waals surface area (Å²) in [7, 11) is 0. The van der Waals surface area contributed by atoms with Gasteiger partial charge in [0.25, 0.3) is 0 Å². The number of hydrogen-bond donors (Lipinski definition) is 0. The molecule has 3 fully saturated rings. The first kappa shape index (κ1) is 16.7. The minimum Gasteiger partial charge on any atom is -0.494 e. The van der Waals surface area contributed by atoms with Gasteiger partial charge >= 0.3 is 0 Å². The Morgan fingerprint density at radius 3 is 2.16 bits per heavy atom. The van der Waals surface area contributed by atoms with Crippen molar-refractivity contribution < 1.29 is 4.74 Å². The van der Waals surface area contributed by atoms with E-state index < -0.39 is 0 Å². The summed E-state index contributed by atoms with van der Waals surface area (Å²) in [4.78, 5) is 2.63. The Balaban J connectivity index is 1.21. The third kappa shape index (κ3) is 4.43. The summed E-state index contributed by atoms with van der Waals surface area (Å²) < 4.78 is 6.02. The van der Waals surface area contributed by atoms with E-state index in [9.17, 15) is 0 Å². The fourth-order valence-corrected chi connectivity index (χ4v) is 4.43.